The molecule has 0 fully saturated rings. The van der Waals surface area contributed by atoms with Gasteiger partial charge in [-0.25, -0.2) is 0 Å². The smallest absolute Gasteiger partial charge is 0.274 e. The summed E-state index contributed by atoms with van der Waals surface area (Å²) in [5.74, 6) is 2.42. The van der Waals surface area contributed by atoms with Crippen LogP contribution in [0, 0.1) is 18.4 Å². The summed E-state index contributed by atoms with van der Waals surface area (Å²) in [7, 11) is 0. The van der Waals surface area contributed by atoms with E-state index in [0.29, 0.717) is 13.1 Å². The normalized spacial score (nSPS) is 26.6. The fourth-order valence-electron chi connectivity index (χ4n) is 1.41. The summed E-state index contributed by atoms with van der Waals surface area (Å²) in [6, 6.07) is 0. The topological polar surface area (TPSA) is 29.5 Å². The van der Waals surface area contributed by atoms with Gasteiger partial charge in [0.1, 0.15) is 18.7 Å². The second kappa shape index (κ2) is 4.90. The van der Waals surface area contributed by atoms with Crippen molar-refractivity contribution in [2.24, 2.45) is 0 Å². The molecular formula is C11H15NO2+2. The van der Waals surface area contributed by atoms with Crippen LogP contribution in [-0.4, -0.2) is 35.6 Å². The number of rotatable bonds is 4. The van der Waals surface area contributed by atoms with Crippen LogP contribution >= 0.6 is 0 Å². The van der Waals surface area contributed by atoms with E-state index in [4.69, 9.17) is 11.3 Å². The summed E-state index contributed by atoms with van der Waals surface area (Å²) in [4.78, 5) is 5.50. The SMILES string of the molecule is C#CCO[N+]1(CC(C)O)C=[C+]C=CC1. The first-order valence-electron chi connectivity index (χ1n) is 4.57. The van der Waals surface area contributed by atoms with E-state index in [2.05, 4.69) is 12.0 Å². The quantitative estimate of drug-likeness (QED) is 0.403. The average molecular weight is 193 g/mol. The van der Waals surface area contributed by atoms with E-state index >= 15 is 0 Å². The van der Waals surface area contributed by atoms with Crippen LogP contribution in [0.5, 0.6) is 0 Å². The van der Waals surface area contributed by atoms with Crippen molar-refractivity contribution in [2.75, 3.05) is 19.7 Å². The van der Waals surface area contributed by atoms with Crippen LogP contribution < -0.4 is 0 Å². The molecule has 74 valence electrons. The Morgan fingerprint density at radius 1 is 1.79 bits per heavy atom. The van der Waals surface area contributed by atoms with E-state index in [1.807, 2.05) is 12.2 Å². The lowest BCUT2D eigenvalue weighted by Gasteiger charge is -2.28. The third-order valence-electron chi connectivity index (χ3n) is 1.92. The number of allylic oxidation sites excluding steroid dienone is 2. The number of hydrogen-bond donors (Lipinski definition) is 1. The molecule has 1 aliphatic rings. The fraction of sp³-hybridized carbons (Fsp3) is 0.455. The van der Waals surface area contributed by atoms with E-state index < -0.39 is 6.10 Å². The number of quaternary nitrogens is 1. The van der Waals surface area contributed by atoms with Crippen LogP contribution in [0.15, 0.2) is 18.4 Å². The van der Waals surface area contributed by atoms with Crippen molar-refractivity contribution in [3.63, 3.8) is 0 Å². The zero-order chi connectivity index (χ0) is 10.4. The van der Waals surface area contributed by atoms with E-state index in [9.17, 15) is 5.11 Å². The van der Waals surface area contributed by atoms with Crippen molar-refractivity contribution in [3.05, 3.63) is 24.4 Å². The molecule has 3 heteroatoms. The lowest BCUT2D eigenvalue weighted by molar-refractivity contribution is -1.06. The Morgan fingerprint density at radius 2 is 2.57 bits per heavy atom. The van der Waals surface area contributed by atoms with Crippen molar-refractivity contribution >= 4 is 0 Å². The Labute approximate surface area is 84.8 Å². The van der Waals surface area contributed by atoms with Crippen LogP contribution in [0.4, 0.5) is 0 Å². The Hall–Kier alpha value is -1.17. The molecule has 2 unspecified atom stereocenters. The molecule has 2 atom stereocenters. The molecule has 0 bridgehead atoms. The van der Waals surface area contributed by atoms with Gasteiger partial charge >= 0.3 is 0 Å². The largest absolute Gasteiger partial charge is 0.387 e. The van der Waals surface area contributed by atoms with E-state index in [1.165, 1.54) is 0 Å². The highest BCUT2D eigenvalue weighted by atomic mass is 16.7. The summed E-state index contributed by atoms with van der Waals surface area (Å²) in [5, 5.41) is 9.35. The predicted molar refractivity (Wildman–Crippen MR) is 53.4 cm³/mol. The van der Waals surface area contributed by atoms with Crippen molar-refractivity contribution in [1.82, 2.24) is 0 Å². The molecule has 0 aliphatic carbocycles. The van der Waals surface area contributed by atoms with Crippen LogP contribution in [0.25, 0.3) is 0 Å². The van der Waals surface area contributed by atoms with Crippen LogP contribution in [-0.2, 0) is 4.84 Å². The number of terminal acetylenes is 1. The van der Waals surface area contributed by atoms with Gasteiger partial charge in [-0.15, -0.1) is 11.1 Å². The molecule has 1 heterocycles. The maximum Gasteiger partial charge on any atom is 0.274 e. The maximum absolute atomic E-state index is 9.35. The molecule has 0 saturated carbocycles. The van der Waals surface area contributed by atoms with Gasteiger partial charge in [-0.05, 0) is 6.92 Å². The predicted octanol–water partition coefficient (Wildman–Crippen LogP) is 0.635. The van der Waals surface area contributed by atoms with Gasteiger partial charge in [0.2, 0.25) is 0 Å². The molecule has 0 saturated heterocycles. The summed E-state index contributed by atoms with van der Waals surface area (Å²) < 4.78 is 0.221. The monoisotopic (exact) mass is 193 g/mol. The number of aliphatic hydroxyl groups excluding tert-OH is 1. The van der Waals surface area contributed by atoms with Gasteiger partial charge in [0, 0.05) is 0 Å². The Balaban J connectivity index is 2.65. The first-order chi connectivity index (χ1) is 6.68. The lowest BCUT2D eigenvalue weighted by atomic mass is 10.3. The molecular weight excluding hydrogens is 178 g/mol. The van der Waals surface area contributed by atoms with E-state index in [0.717, 1.165) is 0 Å². The summed E-state index contributed by atoms with van der Waals surface area (Å²) >= 11 is 0. The van der Waals surface area contributed by atoms with Gasteiger partial charge < -0.3 is 5.11 Å². The third-order valence-corrected chi connectivity index (χ3v) is 1.92. The minimum absolute atomic E-state index is 0.221. The number of nitrogens with zero attached hydrogens (tertiary/aromatic N) is 1. The van der Waals surface area contributed by atoms with Gasteiger partial charge in [-0.2, -0.15) is 4.84 Å². The molecule has 0 aromatic heterocycles. The average Bonchev–Trinajstić information content (AvgIpc) is 2.15. The minimum atomic E-state index is -0.433. The second-order valence-corrected chi connectivity index (χ2v) is 3.34. The van der Waals surface area contributed by atoms with Gasteiger partial charge in [0.05, 0.1) is 0 Å². The summed E-state index contributed by atoms with van der Waals surface area (Å²) in [5.41, 5.74) is 0. The highest BCUT2D eigenvalue weighted by Gasteiger charge is 2.34. The van der Waals surface area contributed by atoms with Gasteiger partial charge in [-0.3, -0.25) is 0 Å². The first-order valence-corrected chi connectivity index (χ1v) is 4.57. The van der Waals surface area contributed by atoms with Crippen LogP contribution in [0.1, 0.15) is 6.92 Å². The summed E-state index contributed by atoms with van der Waals surface area (Å²) in [6.45, 7) is 3.13. The zero-order valence-corrected chi connectivity index (χ0v) is 8.31. The third kappa shape index (κ3) is 2.95. The second-order valence-electron chi connectivity index (χ2n) is 3.34. The Kier molecular flexibility index (Phi) is 3.82. The van der Waals surface area contributed by atoms with Gasteiger partial charge in [0.25, 0.3) is 6.20 Å². The highest BCUT2D eigenvalue weighted by Crippen LogP contribution is 2.14. The maximum atomic E-state index is 9.35. The van der Waals surface area contributed by atoms with E-state index in [-0.39, 0.29) is 11.3 Å². The van der Waals surface area contributed by atoms with Gasteiger partial charge in [0.15, 0.2) is 25.3 Å². The molecule has 1 N–H and O–H groups in total. The molecule has 0 spiro atoms. The lowest BCUT2D eigenvalue weighted by Crippen LogP contribution is -2.48. The molecule has 0 aromatic carbocycles. The molecule has 0 radical (unpaired) electrons. The van der Waals surface area contributed by atoms with Crippen LogP contribution in [0.3, 0.4) is 0 Å². The zero-order valence-electron chi connectivity index (χ0n) is 8.31. The molecule has 1 rings (SSSR count). The highest BCUT2D eigenvalue weighted by molar-refractivity contribution is 4.96. The Bertz CT molecular complexity index is 276. The Morgan fingerprint density at radius 3 is 3.07 bits per heavy atom. The first kappa shape index (κ1) is 10.9. The van der Waals surface area contributed by atoms with Crippen molar-refractivity contribution in [3.8, 4) is 12.3 Å². The molecule has 1 aliphatic heterocycles. The molecule has 0 amide bonds. The summed E-state index contributed by atoms with van der Waals surface area (Å²) in [6.07, 6.45) is 13.2. The standard InChI is InChI=1S/C11H15NO2/c1-3-9-14-12(10-11(2)13)7-5-4-6-8-12/h1,4-5,8,11,13H,7,9-10H2,2H3/q+2. The number of hydroxylamine groups is 3. The molecule has 0 aromatic rings. The molecule has 14 heavy (non-hydrogen) atoms. The van der Waals surface area contributed by atoms with E-state index in [1.54, 1.807) is 13.1 Å². The van der Waals surface area contributed by atoms with Crippen LogP contribution in [0.2, 0.25) is 0 Å². The molecule has 3 nitrogen and oxygen atoms in total. The number of hydrogen-bond acceptors (Lipinski definition) is 2. The van der Waals surface area contributed by atoms with Crippen molar-refractivity contribution in [1.29, 1.82) is 0 Å². The van der Waals surface area contributed by atoms with Crippen molar-refractivity contribution in [2.45, 2.75) is 13.0 Å². The minimum Gasteiger partial charge on any atom is -0.387 e. The van der Waals surface area contributed by atoms with Crippen molar-refractivity contribution < 1.29 is 14.6 Å². The number of aliphatic hydroxyl groups is 1. The fourth-order valence-corrected chi connectivity index (χ4v) is 1.41. The van der Waals surface area contributed by atoms with Gasteiger partial charge in [-0.1, -0.05) is 5.92 Å².